The number of carbonyl (C=O) groups is 1. The lowest BCUT2D eigenvalue weighted by Gasteiger charge is -2.28. The maximum Gasteiger partial charge on any atom is 0.272 e. The van der Waals surface area contributed by atoms with Gasteiger partial charge in [-0.2, -0.15) is 15.3 Å². The number of carbonyl (C=O) groups excluding carboxylic acids is 1. The summed E-state index contributed by atoms with van der Waals surface area (Å²) in [6, 6.07) is 10.8. The minimum absolute atomic E-state index is 0.292. The third-order valence-electron chi connectivity index (χ3n) is 6.16. The van der Waals surface area contributed by atoms with Gasteiger partial charge in [0.05, 0.1) is 29.2 Å². The van der Waals surface area contributed by atoms with Crippen LogP contribution in [0.2, 0.25) is 0 Å². The van der Waals surface area contributed by atoms with E-state index in [0.717, 1.165) is 22.2 Å². The third kappa shape index (κ3) is 3.96. The summed E-state index contributed by atoms with van der Waals surface area (Å²) in [5, 5.41) is 18.3. The first-order chi connectivity index (χ1) is 17.5. The smallest absolute Gasteiger partial charge is 0.272 e. The number of hydrazone groups is 1. The van der Waals surface area contributed by atoms with Crippen LogP contribution < -0.4 is 16.1 Å². The van der Waals surface area contributed by atoms with E-state index in [1.54, 1.807) is 30.6 Å². The Morgan fingerprint density at radius 1 is 1.14 bits per heavy atom. The summed E-state index contributed by atoms with van der Waals surface area (Å²) >= 11 is 0. The fourth-order valence-corrected chi connectivity index (χ4v) is 4.22. The van der Waals surface area contributed by atoms with E-state index in [9.17, 15) is 9.18 Å². The molecule has 1 atom stereocenters. The molecule has 0 saturated heterocycles. The molecule has 3 aromatic heterocycles. The van der Waals surface area contributed by atoms with Crippen molar-refractivity contribution in [3.05, 3.63) is 84.0 Å². The number of nitrogens with zero attached hydrogens (tertiary/aromatic N) is 5. The van der Waals surface area contributed by atoms with Crippen LogP contribution in [0.1, 0.15) is 23.8 Å². The Bertz CT molecular complexity index is 1590. The number of hydrogen-bond acceptors (Lipinski definition) is 8. The molecule has 4 N–H and O–H groups in total. The number of fused-ring (bicyclic) bond motifs is 2. The highest BCUT2D eigenvalue weighted by Crippen LogP contribution is 2.40. The number of nitrogens with one attached hydrogen (secondary N) is 4. The molecule has 6 rings (SSSR count). The molecule has 11 heteroatoms. The van der Waals surface area contributed by atoms with Crippen molar-refractivity contribution >= 4 is 34.5 Å². The van der Waals surface area contributed by atoms with Crippen LogP contribution in [-0.2, 0) is 0 Å². The van der Waals surface area contributed by atoms with Gasteiger partial charge in [0.1, 0.15) is 17.3 Å². The summed E-state index contributed by atoms with van der Waals surface area (Å²) in [4.78, 5) is 24.7. The molecular formula is C25H20FN9O. The van der Waals surface area contributed by atoms with Gasteiger partial charge in [-0.1, -0.05) is 12.1 Å². The number of allylic oxidation sites excluding steroid dienone is 4. The summed E-state index contributed by atoms with van der Waals surface area (Å²) in [5.74, 6) is 0.293. The second-order valence-electron chi connectivity index (χ2n) is 8.81. The fourth-order valence-electron chi connectivity index (χ4n) is 4.22. The van der Waals surface area contributed by atoms with Crippen molar-refractivity contribution in [3.63, 3.8) is 0 Å². The topological polar surface area (TPSA) is 133 Å². The first-order valence-electron chi connectivity index (χ1n) is 11.2. The molecule has 10 nitrogen and oxygen atoms in total. The van der Waals surface area contributed by atoms with E-state index in [1.807, 2.05) is 25.1 Å². The van der Waals surface area contributed by atoms with Gasteiger partial charge < -0.3 is 15.6 Å². The summed E-state index contributed by atoms with van der Waals surface area (Å²) in [5.41, 5.74) is 6.09. The first-order valence-corrected chi connectivity index (χ1v) is 11.2. The molecule has 0 saturated carbocycles. The van der Waals surface area contributed by atoms with Crippen molar-refractivity contribution in [2.45, 2.75) is 13.3 Å². The SMILES string of the molecule is CC12C=NNC1=CC(F)=C(Nc1ccnc(-c3ccc4cc(C(=O)Nc5ccnnc5)[nH]c4c3)n1)C2. The van der Waals surface area contributed by atoms with E-state index in [4.69, 9.17) is 0 Å². The number of H-pyrrole nitrogens is 1. The Labute approximate surface area is 204 Å². The molecule has 4 heterocycles. The molecule has 1 aliphatic heterocycles. The van der Waals surface area contributed by atoms with Gasteiger partial charge in [0.25, 0.3) is 5.91 Å². The van der Waals surface area contributed by atoms with Crippen LogP contribution in [-0.4, -0.2) is 37.3 Å². The molecule has 1 amide bonds. The van der Waals surface area contributed by atoms with Crippen molar-refractivity contribution in [1.29, 1.82) is 0 Å². The van der Waals surface area contributed by atoms with Crippen LogP contribution >= 0.6 is 0 Å². The molecule has 1 aliphatic carbocycles. The van der Waals surface area contributed by atoms with Crippen LogP contribution in [0.5, 0.6) is 0 Å². The second kappa shape index (κ2) is 8.38. The lowest BCUT2D eigenvalue weighted by molar-refractivity contribution is 0.102. The number of hydrogen-bond donors (Lipinski definition) is 4. The number of aromatic amines is 1. The van der Waals surface area contributed by atoms with Crippen molar-refractivity contribution in [2.75, 3.05) is 10.6 Å². The molecule has 36 heavy (non-hydrogen) atoms. The number of rotatable bonds is 5. The highest BCUT2D eigenvalue weighted by molar-refractivity contribution is 6.06. The average Bonchev–Trinajstić information content (AvgIpc) is 3.48. The molecule has 0 spiro atoms. The third-order valence-corrected chi connectivity index (χ3v) is 6.16. The van der Waals surface area contributed by atoms with E-state index in [-0.39, 0.29) is 17.1 Å². The molecule has 178 valence electrons. The van der Waals surface area contributed by atoms with E-state index >= 15 is 0 Å². The average molecular weight is 481 g/mol. The van der Waals surface area contributed by atoms with Crippen molar-refractivity contribution in [3.8, 4) is 11.4 Å². The number of halogens is 1. The van der Waals surface area contributed by atoms with E-state index < -0.39 is 0 Å². The normalized spacial score (nSPS) is 18.6. The Balaban J connectivity index is 1.24. The minimum Gasteiger partial charge on any atom is -0.350 e. The summed E-state index contributed by atoms with van der Waals surface area (Å²) in [7, 11) is 0. The van der Waals surface area contributed by atoms with Crippen LogP contribution in [0, 0.1) is 5.41 Å². The van der Waals surface area contributed by atoms with Gasteiger partial charge in [-0.15, -0.1) is 0 Å². The van der Waals surface area contributed by atoms with Crippen molar-refractivity contribution in [2.24, 2.45) is 10.5 Å². The van der Waals surface area contributed by atoms with Crippen LogP contribution in [0.15, 0.2) is 83.4 Å². The van der Waals surface area contributed by atoms with Gasteiger partial charge in [0.15, 0.2) is 5.82 Å². The van der Waals surface area contributed by atoms with Gasteiger partial charge in [-0.3, -0.25) is 10.2 Å². The maximum absolute atomic E-state index is 14.7. The van der Waals surface area contributed by atoms with E-state index in [1.165, 1.54) is 18.5 Å². The molecule has 4 aromatic rings. The number of benzene rings is 1. The van der Waals surface area contributed by atoms with Gasteiger partial charge in [0, 0.05) is 41.0 Å². The Morgan fingerprint density at radius 2 is 2.06 bits per heavy atom. The summed E-state index contributed by atoms with van der Waals surface area (Å²) in [6.45, 7) is 2.00. The lowest BCUT2D eigenvalue weighted by atomic mass is 9.80. The maximum atomic E-state index is 14.7. The standard InChI is InChI=1S/C25H20FN9O/c1-25-11-20(17(26)10-21(25)35-30-13-25)33-22-5-6-27-23(34-22)15-3-2-14-8-19(32-18(14)9-15)24(36)31-16-4-7-28-29-12-16/h2-10,12-13,32,35H,11H2,1H3,(H,27,33,34)(H,28,31,36). The molecule has 1 unspecified atom stereocenters. The molecule has 1 aromatic carbocycles. The van der Waals surface area contributed by atoms with Crippen LogP contribution in [0.3, 0.4) is 0 Å². The molecule has 0 fully saturated rings. The Hall–Kier alpha value is -4.93. The summed E-state index contributed by atoms with van der Waals surface area (Å²) < 4.78 is 14.7. The van der Waals surface area contributed by atoms with E-state index in [2.05, 4.69) is 46.3 Å². The quantitative estimate of drug-likeness (QED) is 0.337. The number of amides is 1. The van der Waals surface area contributed by atoms with Gasteiger partial charge in [-0.05, 0) is 37.3 Å². The van der Waals surface area contributed by atoms with Gasteiger partial charge in [0.2, 0.25) is 0 Å². The zero-order valence-electron chi connectivity index (χ0n) is 19.1. The largest absolute Gasteiger partial charge is 0.350 e. The fraction of sp³-hybridized carbons (Fsp3) is 0.120. The lowest BCUT2D eigenvalue weighted by Crippen LogP contribution is -2.27. The zero-order chi connectivity index (χ0) is 24.7. The predicted molar refractivity (Wildman–Crippen MR) is 134 cm³/mol. The molecular weight excluding hydrogens is 461 g/mol. The highest BCUT2D eigenvalue weighted by Gasteiger charge is 2.37. The number of anilines is 2. The monoisotopic (exact) mass is 481 g/mol. The number of aromatic nitrogens is 5. The van der Waals surface area contributed by atoms with Crippen LogP contribution in [0.25, 0.3) is 22.3 Å². The molecule has 0 bridgehead atoms. The van der Waals surface area contributed by atoms with Crippen molar-refractivity contribution in [1.82, 2.24) is 30.6 Å². The van der Waals surface area contributed by atoms with Crippen LogP contribution in [0.4, 0.5) is 15.9 Å². The van der Waals surface area contributed by atoms with E-state index in [0.29, 0.717) is 35.1 Å². The summed E-state index contributed by atoms with van der Waals surface area (Å²) in [6.07, 6.45) is 8.26. The second-order valence-corrected chi connectivity index (χ2v) is 8.81. The molecule has 0 radical (unpaired) electrons. The van der Waals surface area contributed by atoms with Gasteiger partial charge in [-0.25, -0.2) is 14.4 Å². The Kier molecular flexibility index (Phi) is 5.03. The zero-order valence-corrected chi connectivity index (χ0v) is 19.1. The minimum atomic E-state index is -0.385. The molecule has 2 aliphatic rings. The predicted octanol–water partition coefficient (Wildman–Crippen LogP) is 4.14. The Morgan fingerprint density at radius 3 is 2.92 bits per heavy atom. The first kappa shape index (κ1) is 21.6. The van der Waals surface area contributed by atoms with Crippen molar-refractivity contribution < 1.29 is 9.18 Å². The highest BCUT2D eigenvalue weighted by atomic mass is 19.1. The van der Waals surface area contributed by atoms with Gasteiger partial charge >= 0.3 is 0 Å².